The summed E-state index contributed by atoms with van der Waals surface area (Å²) in [5, 5.41) is 0.739. The molecule has 5 heteroatoms. The van der Waals surface area contributed by atoms with Crippen LogP contribution in [0.25, 0.3) is 10.6 Å². The number of aldehydes is 1. The summed E-state index contributed by atoms with van der Waals surface area (Å²) in [6.45, 7) is 0. The monoisotopic (exact) mass is 249 g/mol. The third kappa shape index (κ3) is 2.29. The smallest absolute Gasteiger partial charge is 0.161 e. The van der Waals surface area contributed by atoms with Gasteiger partial charge >= 0.3 is 0 Å². The van der Waals surface area contributed by atoms with Crippen LogP contribution in [-0.2, 0) is 0 Å². The molecule has 0 aliphatic heterocycles. The second-order valence-electron chi connectivity index (χ2n) is 3.25. The number of methoxy groups -OCH3 is 2. The molecule has 88 valence electrons. The van der Waals surface area contributed by atoms with E-state index < -0.39 is 0 Å². The molecule has 0 unspecified atom stereocenters. The number of nitrogens with zero attached hydrogens (tertiary/aromatic N) is 1. The molecule has 4 nitrogen and oxygen atoms in total. The highest BCUT2D eigenvalue weighted by Gasteiger charge is 2.11. The molecule has 0 N–H and O–H groups in total. The molecule has 0 spiro atoms. The van der Waals surface area contributed by atoms with E-state index in [0.29, 0.717) is 10.6 Å². The minimum Gasteiger partial charge on any atom is -0.497 e. The van der Waals surface area contributed by atoms with E-state index in [1.54, 1.807) is 20.4 Å². The van der Waals surface area contributed by atoms with Gasteiger partial charge in [0.25, 0.3) is 0 Å². The Balaban J connectivity index is 2.51. The number of benzene rings is 1. The highest BCUT2D eigenvalue weighted by Crippen LogP contribution is 2.35. The molecule has 0 bridgehead atoms. The maximum absolute atomic E-state index is 10.6. The van der Waals surface area contributed by atoms with E-state index in [1.165, 1.54) is 11.3 Å². The lowest BCUT2D eigenvalue weighted by atomic mass is 10.2. The quantitative estimate of drug-likeness (QED) is 0.781. The molecule has 17 heavy (non-hydrogen) atoms. The van der Waals surface area contributed by atoms with Crippen LogP contribution in [-0.4, -0.2) is 25.5 Å². The molecule has 1 aromatic carbocycles. The number of thiazole rings is 1. The largest absolute Gasteiger partial charge is 0.497 e. The molecule has 0 atom stereocenters. The van der Waals surface area contributed by atoms with Crippen LogP contribution < -0.4 is 9.47 Å². The van der Waals surface area contributed by atoms with Crippen molar-refractivity contribution in [2.75, 3.05) is 14.2 Å². The summed E-state index contributed by atoms with van der Waals surface area (Å²) in [5.41, 5.74) is 0.824. The van der Waals surface area contributed by atoms with Crippen LogP contribution in [0.4, 0.5) is 0 Å². The second-order valence-corrected chi connectivity index (χ2v) is 4.31. The second kappa shape index (κ2) is 4.97. The van der Waals surface area contributed by atoms with Gasteiger partial charge in [-0.2, -0.15) is 0 Å². The van der Waals surface area contributed by atoms with Crippen LogP contribution in [0.2, 0.25) is 0 Å². The van der Waals surface area contributed by atoms with E-state index in [1.807, 2.05) is 18.2 Å². The third-order valence-electron chi connectivity index (χ3n) is 2.28. The van der Waals surface area contributed by atoms with Crippen LogP contribution >= 0.6 is 11.3 Å². The first-order valence-electron chi connectivity index (χ1n) is 4.92. The molecular weight excluding hydrogens is 238 g/mol. The fraction of sp³-hybridized carbons (Fsp3) is 0.167. The summed E-state index contributed by atoms with van der Waals surface area (Å²) < 4.78 is 10.4. The first-order chi connectivity index (χ1) is 8.28. The van der Waals surface area contributed by atoms with Gasteiger partial charge in [0.15, 0.2) is 6.29 Å². The van der Waals surface area contributed by atoms with E-state index in [-0.39, 0.29) is 0 Å². The van der Waals surface area contributed by atoms with Crippen molar-refractivity contribution in [1.29, 1.82) is 0 Å². The minimum atomic E-state index is 0.588. The van der Waals surface area contributed by atoms with Crippen molar-refractivity contribution < 1.29 is 14.3 Å². The van der Waals surface area contributed by atoms with Crippen molar-refractivity contribution in [3.63, 3.8) is 0 Å². The molecule has 0 saturated heterocycles. The summed E-state index contributed by atoms with van der Waals surface area (Å²) >= 11 is 1.32. The number of ether oxygens (including phenoxy) is 2. The highest BCUT2D eigenvalue weighted by molar-refractivity contribution is 7.16. The predicted octanol–water partition coefficient (Wildman–Crippen LogP) is 2.64. The molecule has 1 aromatic heterocycles. The van der Waals surface area contributed by atoms with Gasteiger partial charge in [-0.3, -0.25) is 4.79 Å². The minimum absolute atomic E-state index is 0.588. The average molecular weight is 249 g/mol. The molecule has 0 fully saturated rings. The standard InChI is InChI=1S/C12H11NO3S/c1-15-8-3-4-11(16-2)10(5-8)12-13-6-9(7-14)17-12/h3-7H,1-2H3. The van der Waals surface area contributed by atoms with Gasteiger partial charge in [-0.15, -0.1) is 11.3 Å². The van der Waals surface area contributed by atoms with Crippen LogP contribution in [0.15, 0.2) is 24.4 Å². The van der Waals surface area contributed by atoms with E-state index in [2.05, 4.69) is 4.98 Å². The predicted molar refractivity (Wildman–Crippen MR) is 66.0 cm³/mol. The van der Waals surface area contributed by atoms with Crippen molar-refractivity contribution in [3.8, 4) is 22.1 Å². The summed E-state index contributed by atoms with van der Waals surface area (Å²) in [4.78, 5) is 15.4. The Morgan fingerprint density at radius 3 is 2.71 bits per heavy atom. The Bertz CT molecular complexity index is 536. The Kier molecular flexibility index (Phi) is 3.39. The number of carbonyl (C=O) groups excluding carboxylic acids is 1. The van der Waals surface area contributed by atoms with Gasteiger partial charge in [0, 0.05) is 6.20 Å². The van der Waals surface area contributed by atoms with Gasteiger partial charge in [-0.1, -0.05) is 0 Å². The Hall–Kier alpha value is -1.88. The first-order valence-corrected chi connectivity index (χ1v) is 5.73. The van der Waals surface area contributed by atoms with Crippen molar-refractivity contribution in [2.45, 2.75) is 0 Å². The highest BCUT2D eigenvalue weighted by atomic mass is 32.1. The zero-order valence-electron chi connectivity index (χ0n) is 9.47. The summed E-state index contributed by atoms with van der Waals surface area (Å²) in [5.74, 6) is 1.43. The lowest BCUT2D eigenvalue weighted by molar-refractivity contribution is 0.112. The molecule has 2 rings (SSSR count). The molecule has 0 amide bonds. The van der Waals surface area contributed by atoms with E-state index >= 15 is 0 Å². The fourth-order valence-corrected chi connectivity index (χ4v) is 2.20. The van der Waals surface area contributed by atoms with Crippen LogP contribution in [0.3, 0.4) is 0 Å². The fourth-order valence-electron chi connectivity index (χ4n) is 1.45. The number of hydrogen-bond acceptors (Lipinski definition) is 5. The van der Waals surface area contributed by atoms with Crippen LogP contribution in [0, 0.1) is 0 Å². The zero-order valence-corrected chi connectivity index (χ0v) is 10.3. The van der Waals surface area contributed by atoms with Crippen molar-refractivity contribution in [3.05, 3.63) is 29.3 Å². The number of aromatic nitrogens is 1. The summed E-state index contributed by atoms with van der Waals surface area (Å²) in [6, 6.07) is 5.47. The molecule has 0 radical (unpaired) electrons. The summed E-state index contributed by atoms with van der Waals surface area (Å²) in [6.07, 6.45) is 2.33. The SMILES string of the molecule is COc1ccc(OC)c(-c2ncc(C=O)s2)c1. The molecule has 1 heterocycles. The van der Waals surface area contributed by atoms with E-state index in [9.17, 15) is 4.79 Å². The third-order valence-corrected chi connectivity index (χ3v) is 3.23. The lowest BCUT2D eigenvalue weighted by Gasteiger charge is -2.07. The van der Waals surface area contributed by atoms with Gasteiger partial charge < -0.3 is 9.47 Å². The zero-order chi connectivity index (χ0) is 12.3. The topological polar surface area (TPSA) is 48.4 Å². The molecular formula is C12H11NO3S. The molecule has 0 saturated carbocycles. The lowest BCUT2D eigenvalue weighted by Crippen LogP contribution is -1.89. The Morgan fingerprint density at radius 1 is 1.29 bits per heavy atom. The van der Waals surface area contributed by atoms with Crippen molar-refractivity contribution >= 4 is 17.6 Å². The van der Waals surface area contributed by atoms with Crippen LogP contribution in [0.5, 0.6) is 11.5 Å². The van der Waals surface area contributed by atoms with Crippen LogP contribution in [0.1, 0.15) is 9.67 Å². The van der Waals surface area contributed by atoms with Gasteiger partial charge in [-0.05, 0) is 18.2 Å². The van der Waals surface area contributed by atoms with Gasteiger partial charge in [0.05, 0.1) is 24.7 Å². The number of carbonyl (C=O) groups is 1. The molecule has 0 aliphatic rings. The van der Waals surface area contributed by atoms with E-state index in [4.69, 9.17) is 9.47 Å². The van der Waals surface area contributed by atoms with Crippen molar-refractivity contribution in [2.24, 2.45) is 0 Å². The van der Waals surface area contributed by atoms with Gasteiger partial charge in [-0.25, -0.2) is 4.98 Å². The van der Waals surface area contributed by atoms with Gasteiger partial charge in [0.2, 0.25) is 0 Å². The van der Waals surface area contributed by atoms with E-state index in [0.717, 1.165) is 22.6 Å². The Labute approximate surface area is 103 Å². The maximum atomic E-state index is 10.6. The number of rotatable bonds is 4. The summed E-state index contributed by atoms with van der Waals surface area (Å²) in [7, 11) is 3.20. The first kappa shape index (κ1) is 11.6. The van der Waals surface area contributed by atoms with Crippen molar-refractivity contribution in [1.82, 2.24) is 4.98 Å². The maximum Gasteiger partial charge on any atom is 0.161 e. The number of hydrogen-bond donors (Lipinski definition) is 0. The molecule has 0 aliphatic carbocycles. The average Bonchev–Trinajstić information content (AvgIpc) is 2.86. The normalized spacial score (nSPS) is 10.0. The van der Waals surface area contributed by atoms with Gasteiger partial charge in [0.1, 0.15) is 16.5 Å². The Morgan fingerprint density at radius 2 is 2.12 bits per heavy atom. The molecule has 2 aromatic rings.